The van der Waals surface area contributed by atoms with Gasteiger partial charge in [-0.2, -0.15) is 0 Å². The van der Waals surface area contributed by atoms with E-state index in [1.165, 1.54) is 7.11 Å². The van der Waals surface area contributed by atoms with E-state index in [1.54, 1.807) is 12.1 Å². The fraction of sp³-hybridized carbons (Fsp3) is 0.222. The maximum atomic E-state index is 10.0. The lowest BCUT2D eigenvalue weighted by Crippen LogP contribution is -1.88. The molecule has 1 rings (SSSR count). The third kappa shape index (κ3) is 7.14. The highest BCUT2D eigenvalue weighted by Gasteiger charge is 1.79. The van der Waals surface area contributed by atoms with E-state index in [9.17, 15) is 4.79 Å². The predicted octanol–water partition coefficient (Wildman–Crippen LogP) is 1.58. The Balaban J connectivity index is 0.000000252. The van der Waals surface area contributed by atoms with E-state index in [1.807, 2.05) is 18.2 Å². The van der Waals surface area contributed by atoms with E-state index < -0.39 is 0 Å². The average molecular weight is 184 g/mol. The Kier molecular flexibility index (Phi) is 8.02. The predicted molar refractivity (Wildman–Crippen MR) is 47.4 cm³/mol. The van der Waals surface area contributed by atoms with Crippen LogP contribution in [0.3, 0.4) is 0 Å². The van der Waals surface area contributed by atoms with Crippen LogP contribution in [-0.4, -0.2) is 25.4 Å². The minimum absolute atomic E-state index is 0.0556. The van der Waals surface area contributed by atoms with Gasteiger partial charge in [-0.15, -0.1) is 0 Å². The highest BCUT2D eigenvalue weighted by molar-refractivity contribution is 5.74. The first-order valence-electron chi connectivity index (χ1n) is 3.60. The zero-order valence-electron chi connectivity index (χ0n) is 7.34. The Bertz CT molecular complexity index is 208. The lowest BCUT2D eigenvalue weighted by Gasteiger charge is -1.85. The van der Waals surface area contributed by atoms with Crippen molar-refractivity contribution in [1.82, 2.24) is 0 Å². The first-order valence-corrected chi connectivity index (χ1v) is 3.60. The second kappa shape index (κ2) is 8.86. The van der Waals surface area contributed by atoms with Crippen molar-refractivity contribution in [1.29, 1.82) is 0 Å². The fourth-order valence-electron chi connectivity index (χ4n) is 0.584. The number of aldehydes is 1. The van der Waals surface area contributed by atoms with E-state index in [4.69, 9.17) is 5.26 Å². The van der Waals surface area contributed by atoms with Crippen molar-refractivity contribution in [3.8, 4) is 0 Å². The molecule has 0 saturated heterocycles. The molecule has 4 heteroatoms. The van der Waals surface area contributed by atoms with Gasteiger partial charge in [0.05, 0.1) is 0 Å². The van der Waals surface area contributed by atoms with E-state index in [-0.39, 0.29) is 6.79 Å². The van der Waals surface area contributed by atoms with Gasteiger partial charge in [-0.3, -0.25) is 4.79 Å². The van der Waals surface area contributed by atoms with Gasteiger partial charge in [-0.1, -0.05) is 30.3 Å². The number of hydrogen-bond donors (Lipinski definition) is 1. The maximum absolute atomic E-state index is 10.0. The number of ether oxygens (including phenoxy) is 1. The highest BCUT2D eigenvalue weighted by atomic mass is 17.1. The van der Waals surface area contributed by atoms with Crippen molar-refractivity contribution in [2.75, 3.05) is 13.9 Å². The van der Waals surface area contributed by atoms with Crippen molar-refractivity contribution >= 4 is 6.29 Å². The van der Waals surface area contributed by atoms with E-state index in [0.29, 0.717) is 0 Å². The van der Waals surface area contributed by atoms with Gasteiger partial charge in [0.25, 0.3) is 0 Å². The van der Waals surface area contributed by atoms with Crippen LogP contribution in [0.1, 0.15) is 10.4 Å². The summed E-state index contributed by atoms with van der Waals surface area (Å²) in [5.74, 6) is 0. The summed E-state index contributed by atoms with van der Waals surface area (Å²) in [7, 11) is 1.43. The lowest BCUT2D eigenvalue weighted by atomic mass is 10.2. The van der Waals surface area contributed by atoms with Crippen molar-refractivity contribution in [2.24, 2.45) is 0 Å². The second-order valence-electron chi connectivity index (χ2n) is 2.06. The molecule has 0 saturated carbocycles. The lowest BCUT2D eigenvalue weighted by molar-refractivity contribution is -0.290. The molecule has 1 aromatic rings. The molecular formula is C9H12O4. The summed E-state index contributed by atoms with van der Waals surface area (Å²) in [6.45, 7) is -0.0556. The number of methoxy groups -OCH3 is 1. The largest absolute Gasteiger partial charge is 0.355 e. The first-order chi connectivity index (χ1) is 6.35. The number of carbonyl (C=O) groups excluding carboxylic acids is 1. The summed E-state index contributed by atoms with van der Waals surface area (Å²) in [4.78, 5) is 13.5. The van der Waals surface area contributed by atoms with Gasteiger partial charge < -0.3 is 4.74 Å². The fourth-order valence-corrected chi connectivity index (χ4v) is 0.584. The molecular weight excluding hydrogens is 172 g/mol. The zero-order valence-corrected chi connectivity index (χ0v) is 7.34. The third-order valence-corrected chi connectivity index (χ3v) is 1.11. The quantitative estimate of drug-likeness (QED) is 0.335. The third-order valence-electron chi connectivity index (χ3n) is 1.11. The van der Waals surface area contributed by atoms with E-state index in [2.05, 4.69) is 9.62 Å². The van der Waals surface area contributed by atoms with Crippen molar-refractivity contribution in [2.45, 2.75) is 0 Å². The Morgan fingerprint density at radius 1 is 1.38 bits per heavy atom. The number of rotatable bonds is 3. The Hall–Kier alpha value is -1.23. The average Bonchev–Trinajstić information content (AvgIpc) is 2.21. The van der Waals surface area contributed by atoms with Crippen molar-refractivity contribution in [3.05, 3.63) is 35.9 Å². The van der Waals surface area contributed by atoms with Gasteiger partial charge in [-0.05, 0) is 0 Å². The first kappa shape index (κ1) is 11.8. The van der Waals surface area contributed by atoms with Gasteiger partial charge in [0.15, 0.2) is 6.79 Å². The molecule has 1 N–H and O–H groups in total. The molecule has 0 bridgehead atoms. The minimum Gasteiger partial charge on any atom is -0.355 e. The number of hydrogen-bond acceptors (Lipinski definition) is 4. The molecule has 72 valence electrons. The zero-order chi connectivity index (χ0) is 9.94. The van der Waals surface area contributed by atoms with Crippen LogP contribution in [-0.2, 0) is 9.62 Å². The van der Waals surface area contributed by atoms with Crippen LogP contribution in [0, 0.1) is 0 Å². The number of benzene rings is 1. The van der Waals surface area contributed by atoms with Crippen LogP contribution in [0.4, 0.5) is 0 Å². The molecule has 0 spiro atoms. The maximum Gasteiger partial charge on any atom is 0.180 e. The molecule has 0 unspecified atom stereocenters. The summed E-state index contributed by atoms with van der Waals surface area (Å²) in [6.07, 6.45) is 0.833. The molecule has 0 aliphatic heterocycles. The van der Waals surface area contributed by atoms with Crippen LogP contribution in [0.25, 0.3) is 0 Å². The molecule has 0 atom stereocenters. The summed E-state index contributed by atoms with van der Waals surface area (Å²) in [6, 6.07) is 9.10. The minimum atomic E-state index is -0.0556. The normalized spacial score (nSPS) is 8.46. The van der Waals surface area contributed by atoms with Crippen LogP contribution in [0.2, 0.25) is 0 Å². The smallest absolute Gasteiger partial charge is 0.180 e. The van der Waals surface area contributed by atoms with E-state index >= 15 is 0 Å². The van der Waals surface area contributed by atoms with Crippen molar-refractivity contribution in [3.63, 3.8) is 0 Å². The molecule has 0 aliphatic rings. The highest BCUT2D eigenvalue weighted by Crippen LogP contribution is 1.91. The monoisotopic (exact) mass is 184 g/mol. The SMILES string of the molecule is COCOO.O=Cc1ccccc1. The van der Waals surface area contributed by atoms with Gasteiger partial charge in [0.2, 0.25) is 0 Å². The second-order valence-corrected chi connectivity index (χ2v) is 2.06. The molecule has 1 aromatic carbocycles. The van der Waals surface area contributed by atoms with Crippen LogP contribution in [0.15, 0.2) is 30.3 Å². The molecule has 0 aliphatic carbocycles. The molecule has 0 heterocycles. The Labute approximate surface area is 76.6 Å². The number of carbonyl (C=O) groups is 1. The molecule has 0 radical (unpaired) electrons. The van der Waals surface area contributed by atoms with Gasteiger partial charge >= 0.3 is 0 Å². The van der Waals surface area contributed by atoms with Gasteiger partial charge in [0.1, 0.15) is 6.29 Å². The van der Waals surface area contributed by atoms with E-state index in [0.717, 1.165) is 11.8 Å². The van der Waals surface area contributed by atoms with Crippen molar-refractivity contribution < 1.29 is 19.7 Å². The summed E-state index contributed by atoms with van der Waals surface area (Å²) >= 11 is 0. The summed E-state index contributed by atoms with van der Waals surface area (Å²) in [5, 5.41) is 7.44. The molecule has 0 fully saturated rings. The Morgan fingerprint density at radius 3 is 2.23 bits per heavy atom. The van der Waals surface area contributed by atoms with Crippen LogP contribution >= 0.6 is 0 Å². The summed E-state index contributed by atoms with van der Waals surface area (Å²) < 4.78 is 4.22. The van der Waals surface area contributed by atoms with Crippen LogP contribution in [0.5, 0.6) is 0 Å². The molecule has 13 heavy (non-hydrogen) atoms. The summed E-state index contributed by atoms with van der Waals surface area (Å²) in [5.41, 5.74) is 0.729. The molecule has 4 nitrogen and oxygen atoms in total. The molecule has 0 aromatic heterocycles. The van der Waals surface area contributed by atoms with Crippen LogP contribution < -0.4 is 0 Å². The van der Waals surface area contributed by atoms with Gasteiger partial charge in [-0.25, -0.2) is 10.1 Å². The Morgan fingerprint density at radius 2 is 2.00 bits per heavy atom. The molecule has 0 amide bonds. The topological polar surface area (TPSA) is 55.8 Å². The van der Waals surface area contributed by atoms with Gasteiger partial charge in [0, 0.05) is 12.7 Å². The standard InChI is InChI=1S/C7H6O.C2H6O3/c8-6-7-4-2-1-3-5-7;1-4-2-5-3/h1-6H;3H,2H2,1H3.